The molecule has 3 aromatic rings. The van der Waals surface area contributed by atoms with Crippen LogP contribution in [0.2, 0.25) is 0 Å². The molecular weight excluding hydrogens is 480 g/mol. The molecule has 0 aliphatic carbocycles. The Hall–Kier alpha value is -4.11. The lowest BCUT2D eigenvalue weighted by molar-refractivity contribution is -0.385. The van der Waals surface area contributed by atoms with E-state index in [1.165, 1.54) is 17.7 Å². The van der Waals surface area contributed by atoms with Crippen LogP contribution in [-0.4, -0.2) is 27.6 Å². The number of aryl methyl sites for hydroxylation is 1. The largest absolute Gasteiger partial charge is 0.490 e. The van der Waals surface area contributed by atoms with Crippen LogP contribution in [0.15, 0.2) is 71.6 Å². The molecule has 184 valence electrons. The molecule has 0 saturated carbocycles. The van der Waals surface area contributed by atoms with Gasteiger partial charge in [0.1, 0.15) is 6.61 Å². The van der Waals surface area contributed by atoms with Crippen LogP contribution in [0.4, 0.5) is 10.5 Å². The normalized spacial score (nSPS) is 14.4. The molecule has 3 aromatic carbocycles. The predicted octanol–water partition coefficient (Wildman–Crippen LogP) is 6.12. The second-order valence-corrected chi connectivity index (χ2v) is 9.06. The number of rotatable bonds is 9. The van der Waals surface area contributed by atoms with Gasteiger partial charge in [-0.3, -0.25) is 24.6 Å². The molecule has 8 nitrogen and oxygen atoms in total. The lowest BCUT2D eigenvalue weighted by Gasteiger charge is -2.13. The molecule has 36 heavy (non-hydrogen) atoms. The molecule has 4 rings (SSSR count). The minimum atomic E-state index is -0.526. The number of carbonyl (C=O) groups is 2. The number of benzene rings is 3. The van der Waals surface area contributed by atoms with Crippen LogP contribution in [0, 0.1) is 17.0 Å². The smallest absolute Gasteiger partial charge is 0.293 e. The maximum absolute atomic E-state index is 13.0. The molecule has 1 aliphatic rings. The second-order valence-electron chi connectivity index (χ2n) is 8.07. The van der Waals surface area contributed by atoms with E-state index in [1.54, 1.807) is 36.4 Å². The number of ether oxygens (including phenoxy) is 2. The van der Waals surface area contributed by atoms with Crippen LogP contribution in [0.3, 0.4) is 0 Å². The molecule has 0 aromatic heterocycles. The lowest BCUT2D eigenvalue weighted by atomic mass is 10.1. The summed E-state index contributed by atoms with van der Waals surface area (Å²) in [5.74, 6) is 0.595. The fourth-order valence-electron chi connectivity index (χ4n) is 3.63. The van der Waals surface area contributed by atoms with Crippen molar-refractivity contribution in [1.82, 2.24) is 4.90 Å². The highest BCUT2D eigenvalue weighted by atomic mass is 32.2. The van der Waals surface area contributed by atoms with E-state index in [1.807, 2.05) is 38.1 Å². The van der Waals surface area contributed by atoms with Crippen LogP contribution < -0.4 is 9.47 Å². The standard InChI is InChI=1S/C27H24N2O6S/c1-3-34-24-14-20(12-13-23(24)35-17-19-10-8-18(2)9-11-19)15-25-26(30)28(27(31)36-25)16-21-6-4-5-7-22(21)29(32)33/h4-15H,3,16-17H2,1-2H3/b25-15-. The van der Waals surface area contributed by atoms with Crippen molar-refractivity contribution in [2.24, 2.45) is 0 Å². The number of para-hydroxylation sites is 1. The zero-order chi connectivity index (χ0) is 25.7. The van der Waals surface area contributed by atoms with E-state index in [4.69, 9.17) is 9.47 Å². The molecule has 2 amide bonds. The first-order chi connectivity index (χ1) is 17.4. The van der Waals surface area contributed by atoms with Gasteiger partial charge in [-0.05, 0) is 54.9 Å². The molecule has 1 aliphatic heterocycles. The van der Waals surface area contributed by atoms with Gasteiger partial charge < -0.3 is 9.47 Å². The summed E-state index contributed by atoms with van der Waals surface area (Å²) in [4.78, 5) is 37.5. The first kappa shape index (κ1) is 25.0. The number of nitro groups is 1. The topological polar surface area (TPSA) is 99.0 Å². The monoisotopic (exact) mass is 504 g/mol. The highest BCUT2D eigenvalue weighted by Gasteiger charge is 2.36. The van der Waals surface area contributed by atoms with Crippen molar-refractivity contribution >= 4 is 34.7 Å². The summed E-state index contributed by atoms with van der Waals surface area (Å²) in [6.45, 7) is 4.53. The van der Waals surface area contributed by atoms with Gasteiger partial charge in [-0.15, -0.1) is 0 Å². The van der Waals surface area contributed by atoms with Crippen LogP contribution in [0.5, 0.6) is 11.5 Å². The van der Waals surface area contributed by atoms with Gasteiger partial charge in [0.2, 0.25) is 0 Å². The van der Waals surface area contributed by atoms with E-state index in [9.17, 15) is 19.7 Å². The number of nitro benzene ring substituents is 1. The van der Waals surface area contributed by atoms with E-state index in [-0.39, 0.29) is 17.1 Å². The number of imide groups is 1. The fraction of sp³-hybridized carbons (Fsp3) is 0.185. The summed E-state index contributed by atoms with van der Waals surface area (Å²) in [7, 11) is 0. The molecule has 1 saturated heterocycles. The minimum absolute atomic E-state index is 0.136. The lowest BCUT2D eigenvalue weighted by Crippen LogP contribution is -2.27. The third-order valence-corrected chi connectivity index (χ3v) is 6.38. The number of carbonyl (C=O) groups excluding carboxylic acids is 2. The predicted molar refractivity (Wildman–Crippen MR) is 138 cm³/mol. The number of hydrogen-bond donors (Lipinski definition) is 0. The average molecular weight is 505 g/mol. The Labute approximate surface area is 212 Å². The number of nitrogens with zero attached hydrogens (tertiary/aromatic N) is 2. The van der Waals surface area contributed by atoms with Gasteiger partial charge in [-0.1, -0.05) is 54.1 Å². The van der Waals surface area contributed by atoms with Gasteiger partial charge in [0, 0.05) is 11.6 Å². The Morgan fingerprint density at radius 1 is 1.00 bits per heavy atom. The quantitative estimate of drug-likeness (QED) is 0.197. The Morgan fingerprint density at radius 3 is 2.47 bits per heavy atom. The first-order valence-corrected chi connectivity index (χ1v) is 12.1. The second kappa shape index (κ2) is 11.1. The minimum Gasteiger partial charge on any atom is -0.490 e. The van der Waals surface area contributed by atoms with Crippen molar-refractivity contribution in [2.45, 2.75) is 27.0 Å². The highest BCUT2D eigenvalue weighted by molar-refractivity contribution is 8.18. The molecule has 0 N–H and O–H groups in total. The zero-order valence-corrected chi connectivity index (χ0v) is 20.6. The summed E-state index contributed by atoms with van der Waals surface area (Å²) in [6.07, 6.45) is 1.61. The van der Waals surface area contributed by atoms with Crippen molar-refractivity contribution in [1.29, 1.82) is 0 Å². The number of amides is 2. The molecule has 0 unspecified atom stereocenters. The van der Waals surface area contributed by atoms with Gasteiger partial charge >= 0.3 is 0 Å². The van der Waals surface area contributed by atoms with E-state index < -0.39 is 16.1 Å². The molecular formula is C27H24N2O6S. The Morgan fingerprint density at radius 2 is 1.75 bits per heavy atom. The van der Waals surface area contributed by atoms with E-state index in [2.05, 4.69) is 0 Å². The fourth-order valence-corrected chi connectivity index (χ4v) is 4.47. The molecule has 1 heterocycles. The first-order valence-electron chi connectivity index (χ1n) is 11.3. The van der Waals surface area contributed by atoms with Crippen molar-refractivity contribution in [3.8, 4) is 11.5 Å². The van der Waals surface area contributed by atoms with Gasteiger partial charge in [-0.25, -0.2) is 0 Å². The number of hydrogen-bond acceptors (Lipinski definition) is 7. The summed E-state index contributed by atoms with van der Waals surface area (Å²) >= 11 is 0.799. The number of thioether (sulfide) groups is 1. The van der Waals surface area contributed by atoms with Crippen LogP contribution in [0.25, 0.3) is 6.08 Å². The van der Waals surface area contributed by atoms with Gasteiger partial charge in [0.05, 0.1) is 23.0 Å². The van der Waals surface area contributed by atoms with Crippen molar-refractivity contribution in [3.05, 3.63) is 104 Å². The molecule has 0 bridgehead atoms. The molecule has 1 fully saturated rings. The summed E-state index contributed by atoms with van der Waals surface area (Å²) < 4.78 is 11.7. The maximum Gasteiger partial charge on any atom is 0.293 e. The molecule has 9 heteroatoms. The molecule has 0 spiro atoms. The van der Waals surface area contributed by atoms with Crippen molar-refractivity contribution < 1.29 is 24.0 Å². The molecule has 0 radical (unpaired) electrons. The van der Waals surface area contributed by atoms with Crippen LogP contribution >= 0.6 is 11.8 Å². The van der Waals surface area contributed by atoms with Gasteiger partial charge in [-0.2, -0.15) is 0 Å². The highest BCUT2D eigenvalue weighted by Crippen LogP contribution is 2.36. The van der Waals surface area contributed by atoms with Crippen LogP contribution in [-0.2, 0) is 17.9 Å². The van der Waals surface area contributed by atoms with Crippen molar-refractivity contribution in [2.75, 3.05) is 6.61 Å². The Balaban J connectivity index is 1.52. The third-order valence-electron chi connectivity index (χ3n) is 5.47. The third kappa shape index (κ3) is 5.75. The van der Waals surface area contributed by atoms with E-state index >= 15 is 0 Å². The van der Waals surface area contributed by atoms with Crippen molar-refractivity contribution in [3.63, 3.8) is 0 Å². The summed E-state index contributed by atoms with van der Waals surface area (Å²) in [6, 6.07) is 19.4. The Bertz CT molecular complexity index is 1340. The SMILES string of the molecule is CCOc1cc(/C=C2\SC(=O)N(Cc3ccccc3[N+](=O)[O-])C2=O)ccc1OCc1ccc(C)cc1. The Kier molecular flexibility index (Phi) is 7.70. The van der Waals surface area contributed by atoms with Gasteiger partial charge in [0.15, 0.2) is 11.5 Å². The summed E-state index contributed by atoms with van der Waals surface area (Å²) in [5, 5.41) is 10.8. The molecule has 0 atom stereocenters. The zero-order valence-electron chi connectivity index (χ0n) is 19.8. The van der Waals surface area contributed by atoms with Crippen LogP contribution in [0.1, 0.15) is 29.2 Å². The van der Waals surface area contributed by atoms with Gasteiger partial charge in [0.25, 0.3) is 16.8 Å². The van der Waals surface area contributed by atoms with E-state index in [0.717, 1.165) is 22.2 Å². The van der Waals surface area contributed by atoms with E-state index in [0.29, 0.717) is 35.8 Å². The average Bonchev–Trinajstić information content (AvgIpc) is 3.12. The summed E-state index contributed by atoms with van der Waals surface area (Å²) in [5.41, 5.74) is 3.02. The maximum atomic E-state index is 13.0.